The van der Waals surface area contributed by atoms with Crippen molar-refractivity contribution in [1.82, 2.24) is 9.97 Å². The number of anilines is 1. The van der Waals surface area contributed by atoms with Gasteiger partial charge in [-0.2, -0.15) is 4.98 Å². The second-order valence-corrected chi connectivity index (χ2v) is 4.55. The maximum atomic E-state index is 5.67. The fourth-order valence-electron chi connectivity index (χ4n) is 1.77. The lowest BCUT2D eigenvalue weighted by atomic mass is 10.3. The monoisotopic (exact) mass is 275 g/mol. The molecule has 2 aromatic heterocycles. The molecule has 0 spiro atoms. The molecule has 0 fully saturated rings. The molecule has 0 radical (unpaired) electrons. The summed E-state index contributed by atoms with van der Waals surface area (Å²) in [7, 11) is 0. The van der Waals surface area contributed by atoms with Gasteiger partial charge in [-0.3, -0.25) is 0 Å². The van der Waals surface area contributed by atoms with Crippen molar-refractivity contribution in [3.8, 4) is 5.88 Å². The van der Waals surface area contributed by atoms with E-state index in [9.17, 15) is 0 Å². The Kier molecular flexibility index (Phi) is 5.41. The van der Waals surface area contributed by atoms with Gasteiger partial charge in [0.2, 0.25) is 5.88 Å². The molecule has 5 heteroatoms. The Morgan fingerprint density at radius 3 is 2.85 bits per heavy atom. The molecule has 0 amide bonds. The van der Waals surface area contributed by atoms with E-state index >= 15 is 0 Å². The standard InChI is InChI=1S/C15H21N3O2/c1-3-6-13-17-14(16-8-4-2)10-15(18-13)20-11-12-7-5-9-19-12/h5,7,9-10H,3-4,6,8,11H2,1-2H3,(H,16,17,18). The molecule has 0 bridgehead atoms. The van der Waals surface area contributed by atoms with Crippen LogP contribution in [0, 0.1) is 0 Å². The molecule has 2 rings (SSSR count). The van der Waals surface area contributed by atoms with Crippen LogP contribution >= 0.6 is 0 Å². The third-order valence-electron chi connectivity index (χ3n) is 2.72. The SMILES string of the molecule is CCCNc1cc(OCc2ccco2)nc(CCC)n1. The Morgan fingerprint density at radius 2 is 2.15 bits per heavy atom. The van der Waals surface area contributed by atoms with E-state index < -0.39 is 0 Å². The van der Waals surface area contributed by atoms with E-state index in [1.165, 1.54) is 0 Å². The quantitative estimate of drug-likeness (QED) is 0.799. The predicted octanol–water partition coefficient (Wildman–Crippen LogP) is 3.42. The van der Waals surface area contributed by atoms with Crippen molar-refractivity contribution < 1.29 is 9.15 Å². The van der Waals surface area contributed by atoms with Crippen LogP contribution in [0.4, 0.5) is 5.82 Å². The summed E-state index contributed by atoms with van der Waals surface area (Å²) in [6.07, 6.45) is 4.54. The third-order valence-corrected chi connectivity index (χ3v) is 2.72. The Balaban J connectivity index is 2.06. The van der Waals surface area contributed by atoms with Crippen molar-refractivity contribution in [2.45, 2.75) is 39.7 Å². The fraction of sp³-hybridized carbons (Fsp3) is 0.467. The van der Waals surface area contributed by atoms with Crippen molar-refractivity contribution in [2.24, 2.45) is 0 Å². The van der Waals surface area contributed by atoms with Gasteiger partial charge in [0.1, 0.15) is 24.0 Å². The molecule has 0 atom stereocenters. The first-order valence-electron chi connectivity index (χ1n) is 7.08. The first-order valence-corrected chi connectivity index (χ1v) is 7.08. The van der Waals surface area contributed by atoms with E-state index in [2.05, 4.69) is 29.1 Å². The van der Waals surface area contributed by atoms with Gasteiger partial charge in [-0.25, -0.2) is 4.98 Å². The highest BCUT2D eigenvalue weighted by atomic mass is 16.5. The lowest BCUT2D eigenvalue weighted by Crippen LogP contribution is -2.07. The first kappa shape index (κ1) is 14.4. The molecule has 0 aromatic carbocycles. The summed E-state index contributed by atoms with van der Waals surface area (Å²) >= 11 is 0. The highest BCUT2D eigenvalue weighted by Gasteiger charge is 2.06. The third kappa shape index (κ3) is 4.26. The zero-order valence-corrected chi connectivity index (χ0v) is 12.1. The van der Waals surface area contributed by atoms with Crippen molar-refractivity contribution in [3.05, 3.63) is 36.0 Å². The van der Waals surface area contributed by atoms with Gasteiger partial charge in [0.15, 0.2) is 0 Å². The zero-order chi connectivity index (χ0) is 14.2. The number of rotatable bonds is 8. The number of hydrogen-bond acceptors (Lipinski definition) is 5. The molecule has 5 nitrogen and oxygen atoms in total. The summed E-state index contributed by atoms with van der Waals surface area (Å²) in [4.78, 5) is 8.90. The molecule has 1 N–H and O–H groups in total. The number of nitrogens with one attached hydrogen (secondary N) is 1. The van der Waals surface area contributed by atoms with E-state index in [1.54, 1.807) is 6.26 Å². The Labute approximate surface area is 119 Å². The van der Waals surface area contributed by atoms with Crippen molar-refractivity contribution >= 4 is 5.82 Å². The molecule has 2 aromatic rings. The number of furan rings is 1. The molecule has 0 aliphatic heterocycles. The van der Waals surface area contributed by atoms with Gasteiger partial charge in [0.05, 0.1) is 6.26 Å². The van der Waals surface area contributed by atoms with Gasteiger partial charge in [0, 0.05) is 19.0 Å². The molecule has 0 saturated carbocycles. The highest BCUT2D eigenvalue weighted by molar-refractivity contribution is 5.38. The van der Waals surface area contributed by atoms with Gasteiger partial charge >= 0.3 is 0 Å². The average molecular weight is 275 g/mol. The molecule has 20 heavy (non-hydrogen) atoms. The number of aromatic nitrogens is 2. The molecular formula is C15H21N3O2. The van der Waals surface area contributed by atoms with Crippen LogP contribution in [0.2, 0.25) is 0 Å². The second kappa shape index (κ2) is 7.53. The summed E-state index contributed by atoms with van der Waals surface area (Å²) in [6.45, 7) is 5.50. The summed E-state index contributed by atoms with van der Waals surface area (Å²) in [5.74, 6) is 2.99. The maximum absolute atomic E-state index is 5.67. The minimum atomic E-state index is 0.378. The van der Waals surface area contributed by atoms with Crippen molar-refractivity contribution in [2.75, 3.05) is 11.9 Å². The van der Waals surface area contributed by atoms with Gasteiger partial charge in [0.25, 0.3) is 0 Å². The van der Waals surface area contributed by atoms with E-state index in [0.29, 0.717) is 12.5 Å². The van der Waals surface area contributed by atoms with Gasteiger partial charge < -0.3 is 14.5 Å². The second-order valence-electron chi connectivity index (χ2n) is 4.55. The van der Waals surface area contributed by atoms with Crippen molar-refractivity contribution in [1.29, 1.82) is 0 Å². The average Bonchev–Trinajstić information content (AvgIpc) is 2.96. The molecule has 0 aliphatic carbocycles. The molecule has 0 unspecified atom stereocenters. The topological polar surface area (TPSA) is 60.2 Å². The minimum absolute atomic E-state index is 0.378. The fourth-order valence-corrected chi connectivity index (χ4v) is 1.77. The lowest BCUT2D eigenvalue weighted by molar-refractivity contribution is 0.259. The van der Waals surface area contributed by atoms with E-state index in [1.807, 2.05) is 18.2 Å². The van der Waals surface area contributed by atoms with Crippen LogP contribution in [0.3, 0.4) is 0 Å². The number of nitrogens with zero attached hydrogens (tertiary/aromatic N) is 2. The lowest BCUT2D eigenvalue weighted by Gasteiger charge is -2.09. The largest absolute Gasteiger partial charge is 0.469 e. The van der Waals surface area contributed by atoms with Crippen LogP contribution in [0.15, 0.2) is 28.9 Å². The Hall–Kier alpha value is -2.04. The molecular weight excluding hydrogens is 254 g/mol. The van der Waals surface area contributed by atoms with Crippen LogP contribution in [-0.4, -0.2) is 16.5 Å². The van der Waals surface area contributed by atoms with E-state index in [4.69, 9.17) is 9.15 Å². The Morgan fingerprint density at radius 1 is 1.25 bits per heavy atom. The Bertz CT molecular complexity index is 512. The van der Waals surface area contributed by atoms with Gasteiger partial charge in [-0.15, -0.1) is 0 Å². The first-order chi connectivity index (χ1) is 9.81. The van der Waals surface area contributed by atoms with Gasteiger partial charge in [-0.05, 0) is 25.0 Å². The molecule has 108 valence electrons. The maximum Gasteiger partial charge on any atom is 0.219 e. The summed E-state index contributed by atoms with van der Waals surface area (Å²) in [5.41, 5.74) is 0. The van der Waals surface area contributed by atoms with E-state index in [0.717, 1.165) is 43.2 Å². The summed E-state index contributed by atoms with van der Waals surface area (Å²) < 4.78 is 10.9. The van der Waals surface area contributed by atoms with E-state index in [-0.39, 0.29) is 0 Å². The zero-order valence-electron chi connectivity index (χ0n) is 12.1. The molecule has 2 heterocycles. The number of aryl methyl sites for hydroxylation is 1. The van der Waals surface area contributed by atoms with Crippen LogP contribution < -0.4 is 10.1 Å². The molecule has 0 aliphatic rings. The smallest absolute Gasteiger partial charge is 0.219 e. The summed E-state index contributed by atoms with van der Waals surface area (Å²) in [6, 6.07) is 5.55. The number of hydrogen-bond donors (Lipinski definition) is 1. The van der Waals surface area contributed by atoms with Crippen molar-refractivity contribution in [3.63, 3.8) is 0 Å². The highest BCUT2D eigenvalue weighted by Crippen LogP contribution is 2.16. The van der Waals surface area contributed by atoms with Gasteiger partial charge in [-0.1, -0.05) is 13.8 Å². The van der Waals surface area contributed by atoms with Crippen LogP contribution in [0.1, 0.15) is 38.3 Å². The normalized spacial score (nSPS) is 10.5. The predicted molar refractivity (Wildman–Crippen MR) is 77.8 cm³/mol. The number of ether oxygens (including phenoxy) is 1. The van der Waals surface area contributed by atoms with Crippen LogP contribution in [-0.2, 0) is 13.0 Å². The summed E-state index contributed by atoms with van der Waals surface area (Å²) in [5, 5.41) is 3.27. The molecule has 0 saturated heterocycles. The van der Waals surface area contributed by atoms with Crippen LogP contribution in [0.25, 0.3) is 0 Å². The van der Waals surface area contributed by atoms with Crippen LogP contribution in [0.5, 0.6) is 5.88 Å². The minimum Gasteiger partial charge on any atom is -0.469 e.